The molecule has 98 valence electrons. The quantitative estimate of drug-likeness (QED) is 0.806. The van der Waals surface area contributed by atoms with E-state index in [9.17, 15) is 9.59 Å². The molecule has 0 aliphatic rings. The van der Waals surface area contributed by atoms with Crippen LogP contribution in [0.1, 0.15) is 22.8 Å². The van der Waals surface area contributed by atoms with Crippen LogP contribution in [-0.2, 0) is 4.79 Å². The first kappa shape index (κ1) is 14.2. The average Bonchev–Trinajstić information content (AvgIpc) is 2.37. The molecule has 0 radical (unpaired) electrons. The Morgan fingerprint density at radius 1 is 1.50 bits per heavy atom. The molecule has 0 saturated heterocycles. The summed E-state index contributed by atoms with van der Waals surface area (Å²) in [5.41, 5.74) is 2.56. The van der Waals surface area contributed by atoms with Gasteiger partial charge in [0.05, 0.1) is 5.92 Å². The number of nitrogens with one attached hydrogen (secondary N) is 1. The van der Waals surface area contributed by atoms with Crippen LogP contribution in [0.4, 0.5) is 5.69 Å². The van der Waals surface area contributed by atoms with Gasteiger partial charge in [-0.05, 0) is 19.1 Å². The van der Waals surface area contributed by atoms with Crippen LogP contribution in [0.25, 0.3) is 0 Å². The van der Waals surface area contributed by atoms with Crippen molar-refractivity contribution in [3.05, 3.63) is 29.3 Å². The zero-order valence-corrected chi connectivity index (χ0v) is 11.4. The van der Waals surface area contributed by atoms with Crippen LogP contribution >= 0.6 is 0 Å². The summed E-state index contributed by atoms with van der Waals surface area (Å²) in [6.45, 7) is 4.39. The number of rotatable bonds is 5. The van der Waals surface area contributed by atoms with Gasteiger partial charge in [-0.3, -0.25) is 9.59 Å². The third-order valence-corrected chi connectivity index (χ3v) is 2.96. The Balaban J connectivity index is 2.87. The maximum atomic E-state index is 11.5. The second kappa shape index (κ2) is 6.19. The van der Waals surface area contributed by atoms with Crippen molar-refractivity contribution < 1.29 is 9.59 Å². The molecule has 1 N–H and O–H groups in total. The Morgan fingerprint density at radius 2 is 2.17 bits per heavy atom. The molecule has 1 amide bonds. The first-order valence-corrected chi connectivity index (χ1v) is 5.98. The van der Waals surface area contributed by atoms with E-state index in [1.807, 2.05) is 44.0 Å². The van der Waals surface area contributed by atoms with Gasteiger partial charge < -0.3 is 10.2 Å². The van der Waals surface area contributed by atoms with Gasteiger partial charge in [-0.25, -0.2) is 0 Å². The van der Waals surface area contributed by atoms with E-state index in [1.165, 1.54) is 0 Å². The number of carbonyl (C=O) groups excluding carboxylic acids is 2. The Bertz CT molecular complexity index is 443. The molecule has 0 fully saturated rings. The lowest BCUT2D eigenvalue weighted by molar-refractivity contribution is -0.123. The largest absolute Gasteiger partial charge is 0.373 e. The summed E-state index contributed by atoms with van der Waals surface area (Å²) < 4.78 is 0. The van der Waals surface area contributed by atoms with Crippen molar-refractivity contribution in [1.82, 2.24) is 5.32 Å². The normalized spacial score (nSPS) is 11.8. The Labute approximate surface area is 108 Å². The molecule has 18 heavy (non-hydrogen) atoms. The number of anilines is 1. The molecule has 1 rings (SSSR count). The SMILES string of the molecule is CNC(=O)C(C)CN(C)c1ccc(C)cc1C=O. The van der Waals surface area contributed by atoms with Gasteiger partial charge in [0.25, 0.3) is 0 Å². The summed E-state index contributed by atoms with van der Waals surface area (Å²) in [5, 5.41) is 2.62. The molecule has 0 heterocycles. The number of nitrogens with zero attached hydrogens (tertiary/aromatic N) is 1. The fourth-order valence-electron chi connectivity index (χ4n) is 1.95. The molecule has 1 aromatic carbocycles. The third kappa shape index (κ3) is 3.32. The summed E-state index contributed by atoms with van der Waals surface area (Å²) in [4.78, 5) is 24.5. The number of amides is 1. The standard InChI is InChI=1S/C14H20N2O2/c1-10-5-6-13(12(7-10)9-17)16(4)8-11(2)14(18)15-3/h5-7,9,11H,8H2,1-4H3,(H,15,18). The van der Waals surface area contributed by atoms with Crippen LogP contribution in [-0.4, -0.2) is 32.8 Å². The smallest absolute Gasteiger partial charge is 0.224 e. The van der Waals surface area contributed by atoms with Crippen molar-refractivity contribution in [3.63, 3.8) is 0 Å². The predicted octanol–water partition coefficient (Wildman–Crippen LogP) is 1.63. The topological polar surface area (TPSA) is 49.4 Å². The van der Waals surface area contributed by atoms with E-state index in [4.69, 9.17) is 0 Å². The van der Waals surface area contributed by atoms with Crippen LogP contribution in [0.5, 0.6) is 0 Å². The van der Waals surface area contributed by atoms with Gasteiger partial charge >= 0.3 is 0 Å². The Morgan fingerprint density at radius 3 is 2.72 bits per heavy atom. The van der Waals surface area contributed by atoms with Gasteiger partial charge in [0.2, 0.25) is 5.91 Å². The van der Waals surface area contributed by atoms with Gasteiger partial charge in [-0.15, -0.1) is 0 Å². The van der Waals surface area contributed by atoms with E-state index in [-0.39, 0.29) is 11.8 Å². The van der Waals surface area contributed by atoms with Gasteiger partial charge in [-0.1, -0.05) is 18.6 Å². The van der Waals surface area contributed by atoms with Gasteiger partial charge in [0.1, 0.15) is 0 Å². The van der Waals surface area contributed by atoms with Gasteiger partial charge in [0, 0.05) is 31.9 Å². The molecule has 0 spiro atoms. The van der Waals surface area contributed by atoms with Crippen LogP contribution in [0.3, 0.4) is 0 Å². The van der Waals surface area contributed by atoms with E-state index in [2.05, 4.69) is 5.32 Å². The molecule has 0 aromatic heterocycles. The zero-order valence-electron chi connectivity index (χ0n) is 11.4. The lowest BCUT2D eigenvalue weighted by Crippen LogP contribution is -2.34. The summed E-state index contributed by atoms with van der Waals surface area (Å²) in [6, 6.07) is 5.72. The second-order valence-electron chi connectivity index (χ2n) is 4.58. The molecule has 1 unspecified atom stereocenters. The molecule has 0 aliphatic heterocycles. The van der Waals surface area contributed by atoms with Crippen molar-refractivity contribution >= 4 is 17.9 Å². The maximum absolute atomic E-state index is 11.5. The number of hydrogen-bond acceptors (Lipinski definition) is 3. The van der Waals surface area contributed by atoms with E-state index in [0.717, 1.165) is 17.5 Å². The number of aryl methyl sites for hydroxylation is 1. The highest BCUT2D eigenvalue weighted by molar-refractivity contribution is 5.85. The number of carbonyl (C=O) groups is 2. The summed E-state index contributed by atoms with van der Waals surface area (Å²) >= 11 is 0. The van der Waals surface area contributed by atoms with Crippen LogP contribution < -0.4 is 10.2 Å². The molecule has 1 aromatic rings. The minimum absolute atomic E-state index is 0.00150. The van der Waals surface area contributed by atoms with Crippen molar-refractivity contribution in [2.75, 3.05) is 25.5 Å². The lowest BCUT2D eigenvalue weighted by atomic mass is 10.1. The fraction of sp³-hybridized carbons (Fsp3) is 0.429. The van der Waals surface area contributed by atoms with Gasteiger partial charge in [0.15, 0.2) is 6.29 Å². The summed E-state index contributed by atoms with van der Waals surface area (Å²) in [6.07, 6.45) is 0.851. The highest BCUT2D eigenvalue weighted by Gasteiger charge is 2.15. The molecule has 4 heteroatoms. The van der Waals surface area contributed by atoms with E-state index < -0.39 is 0 Å². The number of aldehydes is 1. The van der Waals surface area contributed by atoms with Crippen molar-refractivity contribution in [2.24, 2.45) is 5.92 Å². The second-order valence-corrected chi connectivity index (χ2v) is 4.58. The lowest BCUT2D eigenvalue weighted by Gasteiger charge is -2.24. The molecule has 0 saturated carbocycles. The Hall–Kier alpha value is -1.84. The minimum atomic E-state index is -0.124. The molecule has 1 atom stereocenters. The maximum Gasteiger partial charge on any atom is 0.224 e. The molecule has 0 aliphatic carbocycles. The Kier molecular flexibility index (Phi) is 4.89. The van der Waals surface area contributed by atoms with E-state index in [0.29, 0.717) is 12.1 Å². The fourth-order valence-corrected chi connectivity index (χ4v) is 1.95. The predicted molar refractivity (Wildman–Crippen MR) is 73.1 cm³/mol. The first-order chi connectivity index (χ1) is 8.49. The molecular weight excluding hydrogens is 228 g/mol. The summed E-state index contributed by atoms with van der Waals surface area (Å²) in [7, 11) is 3.51. The number of benzene rings is 1. The highest BCUT2D eigenvalue weighted by atomic mass is 16.1. The minimum Gasteiger partial charge on any atom is -0.373 e. The van der Waals surface area contributed by atoms with Gasteiger partial charge in [-0.2, -0.15) is 0 Å². The van der Waals surface area contributed by atoms with Crippen LogP contribution in [0.2, 0.25) is 0 Å². The summed E-state index contributed by atoms with van der Waals surface area (Å²) in [5.74, 6) is -0.123. The van der Waals surface area contributed by atoms with Crippen LogP contribution in [0.15, 0.2) is 18.2 Å². The monoisotopic (exact) mass is 248 g/mol. The van der Waals surface area contributed by atoms with E-state index in [1.54, 1.807) is 7.05 Å². The molecule has 4 nitrogen and oxygen atoms in total. The van der Waals surface area contributed by atoms with E-state index >= 15 is 0 Å². The zero-order chi connectivity index (χ0) is 13.7. The number of hydrogen-bond donors (Lipinski definition) is 1. The molecule has 0 bridgehead atoms. The highest BCUT2D eigenvalue weighted by Crippen LogP contribution is 2.20. The third-order valence-electron chi connectivity index (χ3n) is 2.96. The van der Waals surface area contributed by atoms with Crippen molar-refractivity contribution in [2.45, 2.75) is 13.8 Å². The average molecular weight is 248 g/mol. The van der Waals surface area contributed by atoms with Crippen molar-refractivity contribution in [3.8, 4) is 0 Å². The first-order valence-electron chi connectivity index (χ1n) is 5.98. The van der Waals surface area contributed by atoms with Crippen molar-refractivity contribution in [1.29, 1.82) is 0 Å². The van der Waals surface area contributed by atoms with Crippen LogP contribution in [0, 0.1) is 12.8 Å². The molecular formula is C14H20N2O2.